The van der Waals surface area contributed by atoms with Gasteiger partial charge in [-0.1, -0.05) is 6.07 Å². The maximum absolute atomic E-state index is 13.4. The normalized spacial score (nSPS) is 11.7. The first kappa shape index (κ1) is 14.1. The number of likely N-dealkylation sites (N-methyl/N-ethyl adjacent to an activating group) is 1. The number of hydrogen-bond acceptors (Lipinski definition) is 2. The van der Waals surface area contributed by atoms with E-state index < -0.39 is 17.7 Å². The average molecular weight is 252 g/mol. The molecule has 1 unspecified atom stereocenters. The molecule has 1 rings (SSSR count). The van der Waals surface area contributed by atoms with E-state index in [0.717, 1.165) is 12.1 Å². The molecule has 0 aliphatic rings. The second-order valence-corrected chi connectivity index (χ2v) is 3.94. The van der Waals surface area contributed by atoms with E-state index in [1.54, 1.807) is 0 Å². The van der Waals surface area contributed by atoms with Gasteiger partial charge in [-0.25, -0.2) is 8.78 Å². The molecule has 2 N–H and O–H groups in total. The van der Waals surface area contributed by atoms with Crippen molar-refractivity contribution in [3.63, 3.8) is 0 Å². The van der Waals surface area contributed by atoms with E-state index >= 15 is 0 Å². The topological polar surface area (TPSA) is 46.3 Å². The summed E-state index contributed by atoms with van der Waals surface area (Å²) in [5.74, 6) is 0.559. The summed E-state index contributed by atoms with van der Waals surface area (Å²) in [6.45, 7) is 0.0171. The molecular weight excluding hydrogens is 238 g/mol. The van der Waals surface area contributed by atoms with E-state index in [9.17, 15) is 13.6 Å². The Bertz CT molecular complexity index is 482. The van der Waals surface area contributed by atoms with Crippen LogP contribution in [0.15, 0.2) is 18.2 Å². The predicted molar refractivity (Wildman–Crippen MR) is 64.3 cm³/mol. The fraction of sp³-hybridized carbons (Fsp3) is 0.308. The minimum atomic E-state index is -0.802. The molecule has 1 aromatic rings. The Hall–Kier alpha value is -1.93. The molecule has 0 fully saturated rings. The highest BCUT2D eigenvalue weighted by Gasteiger charge is 2.18. The Morgan fingerprint density at radius 2 is 2.22 bits per heavy atom. The SMILES string of the molecule is C#CCC(N)C(=O)N(C)Cc1ccc(F)cc1F. The van der Waals surface area contributed by atoms with Crippen molar-refractivity contribution in [2.75, 3.05) is 7.05 Å². The Labute approximate surface area is 105 Å². The summed E-state index contributed by atoms with van der Waals surface area (Å²) in [7, 11) is 1.49. The van der Waals surface area contributed by atoms with Crippen LogP contribution in [0.3, 0.4) is 0 Å². The molecule has 0 aliphatic heterocycles. The van der Waals surface area contributed by atoms with E-state index in [1.165, 1.54) is 18.0 Å². The molecule has 0 bridgehead atoms. The number of carbonyl (C=O) groups excluding carboxylic acids is 1. The molecule has 0 saturated heterocycles. The minimum Gasteiger partial charge on any atom is -0.340 e. The van der Waals surface area contributed by atoms with Crippen molar-refractivity contribution in [3.05, 3.63) is 35.4 Å². The van der Waals surface area contributed by atoms with Crippen LogP contribution in [0.2, 0.25) is 0 Å². The van der Waals surface area contributed by atoms with E-state index in [0.29, 0.717) is 0 Å². The summed E-state index contributed by atoms with van der Waals surface area (Å²) in [4.78, 5) is 13.0. The van der Waals surface area contributed by atoms with Crippen LogP contribution in [-0.4, -0.2) is 23.9 Å². The lowest BCUT2D eigenvalue weighted by Crippen LogP contribution is -2.41. The van der Waals surface area contributed by atoms with Crippen LogP contribution < -0.4 is 5.73 Å². The molecule has 1 atom stereocenters. The van der Waals surface area contributed by atoms with Crippen LogP contribution in [0.4, 0.5) is 8.78 Å². The Morgan fingerprint density at radius 1 is 1.56 bits per heavy atom. The number of benzene rings is 1. The first-order chi connectivity index (χ1) is 8.45. The zero-order chi connectivity index (χ0) is 13.7. The molecule has 0 aliphatic carbocycles. The second kappa shape index (κ2) is 6.12. The molecule has 0 aromatic heterocycles. The smallest absolute Gasteiger partial charge is 0.240 e. The Morgan fingerprint density at radius 3 is 2.78 bits per heavy atom. The number of carbonyl (C=O) groups is 1. The molecule has 5 heteroatoms. The summed E-state index contributed by atoms with van der Waals surface area (Å²) in [5, 5.41) is 0. The summed E-state index contributed by atoms with van der Waals surface area (Å²) in [6, 6.07) is 2.40. The van der Waals surface area contributed by atoms with E-state index in [4.69, 9.17) is 12.2 Å². The first-order valence-corrected chi connectivity index (χ1v) is 5.33. The monoisotopic (exact) mass is 252 g/mol. The van der Waals surface area contributed by atoms with Crippen LogP contribution >= 0.6 is 0 Å². The second-order valence-electron chi connectivity index (χ2n) is 3.94. The number of terminal acetylenes is 1. The molecule has 1 aromatic carbocycles. The Kier molecular flexibility index (Phi) is 4.81. The quantitative estimate of drug-likeness (QED) is 0.820. The van der Waals surface area contributed by atoms with Gasteiger partial charge in [-0.2, -0.15) is 0 Å². The van der Waals surface area contributed by atoms with Gasteiger partial charge in [-0.05, 0) is 6.07 Å². The molecule has 18 heavy (non-hydrogen) atoms. The number of rotatable bonds is 4. The fourth-order valence-electron chi connectivity index (χ4n) is 1.48. The van der Waals surface area contributed by atoms with Gasteiger partial charge in [-0.3, -0.25) is 4.79 Å². The van der Waals surface area contributed by atoms with E-state index in [2.05, 4.69) is 5.92 Å². The third-order valence-corrected chi connectivity index (χ3v) is 2.45. The minimum absolute atomic E-state index is 0.0171. The average Bonchev–Trinajstić information content (AvgIpc) is 2.32. The summed E-state index contributed by atoms with van der Waals surface area (Å²) in [5.41, 5.74) is 5.78. The summed E-state index contributed by atoms with van der Waals surface area (Å²) >= 11 is 0. The molecule has 0 heterocycles. The molecule has 0 saturated carbocycles. The van der Waals surface area contributed by atoms with Gasteiger partial charge in [0.1, 0.15) is 11.6 Å². The third kappa shape index (κ3) is 3.54. The van der Waals surface area contributed by atoms with Gasteiger partial charge in [0, 0.05) is 31.6 Å². The van der Waals surface area contributed by atoms with Crippen LogP contribution in [0.25, 0.3) is 0 Å². The van der Waals surface area contributed by atoms with Crippen LogP contribution in [0.1, 0.15) is 12.0 Å². The van der Waals surface area contributed by atoms with Crippen molar-refractivity contribution in [2.24, 2.45) is 5.73 Å². The number of hydrogen-bond donors (Lipinski definition) is 1. The van der Waals surface area contributed by atoms with Crippen LogP contribution in [0.5, 0.6) is 0 Å². The van der Waals surface area contributed by atoms with Crippen molar-refractivity contribution in [1.82, 2.24) is 4.90 Å². The zero-order valence-electron chi connectivity index (χ0n) is 9.99. The van der Waals surface area contributed by atoms with Crippen molar-refractivity contribution < 1.29 is 13.6 Å². The first-order valence-electron chi connectivity index (χ1n) is 5.33. The highest BCUT2D eigenvalue weighted by atomic mass is 19.1. The van der Waals surface area contributed by atoms with Gasteiger partial charge in [-0.15, -0.1) is 12.3 Å². The van der Waals surface area contributed by atoms with Crippen LogP contribution in [-0.2, 0) is 11.3 Å². The molecule has 0 radical (unpaired) electrons. The summed E-state index contributed by atoms with van der Waals surface area (Å²) < 4.78 is 26.1. The number of halogens is 2. The third-order valence-electron chi connectivity index (χ3n) is 2.45. The van der Waals surface area contributed by atoms with Gasteiger partial charge in [0.2, 0.25) is 5.91 Å². The van der Waals surface area contributed by atoms with Crippen molar-refractivity contribution in [1.29, 1.82) is 0 Å². The van der Waals surface area contributed by atoms with Gasteiger partial charge in [0.05, 0.1) is 6.04 Å². The standard InChI is InChI=1S/C13H14F2N2O/c1-3-4-12(16)13(18)17(2)8-9-5-6-10(14)7-11(9)15/h1,5-7,12H,4,8,16H2,2H3. The highest BCUT2D eigenvalue weighted by molar-refractivity contribution is 5.81. The molecular formula is C13H14F2N2O. The number of nitrogens with two attached hydrogens (primary N) is 1. The molecule has 0 spiro atoms. The van der Waals surface area contributed by atoms with Gasteiger partial charge in [0.15, 0.2) is 0 Å². The summed E-state index contributed by atoms with van der Waals surface area (Å²) in [6.07, 6.45) is 5.18. The van der Waals surface area contributed by atoms with Gasteiger partial charge >= 0.3 is 0 Å². The lowest BCUT2D eigenvalue weighted by molar-refractivity contribution is -0.131. The maximum Gasteiger partial charge on any atom is 0.240 e. The van der Waals surface area contributed by atoms with E-state index in [1.807, 2.05) is 0 Å². The van der Waals surface area contributed by atoms with Gasteiger partial charge < -0.3 is 10.6 Å². The largest absolute Gasteiger partial charge is 0.340 e. The number of nitrogens with zero attached hydrogens (tertiary/aromatic N) is 1. The van der Waals surface area contributed by atoms with Crippen LogP contribution in [0, 0.1) is 24.0 Å². The Balaban J connectivity index is 2.73. The number of amides is 1. The van der Waals surface area contributed by atoms with Gasteiger partial charge in [0.25, 0.3) is 0 Å². The fourth-order valence-corrected chi connectivity index (χ4v) is 1.48. The van der Waals surface area contributed by atoms with Crippen molar-refractivity contribution >= 4 is 5.91 Å². The lowest BCUT2D eigenvalue weighted by atomic mass is 10.1. The predicted octanol–water partition coefficient (Wildman–Crippen LogP) is 1.27. The molecule has 3 nitrogen and oxygen atoms in total. The maximum atomic E-state index is 13.4. The van der Waals surface area contributed by atoms with Crippen molar-refractivity contribution in [3.8, 4) is 12.3 Å². The molecule has 96 valence electrons. The van der Waals surface area contributed by atoms with E-state index in [-0.39, 0.29) is 24.4 Å². The highest BCUT2D eigenvalue weighted by Crippen LogP contribution is 2.12. The lowest BCUT2D eigenvalue weighted by Gasteiger charge is -2.20. The molecule has 1 amide bonds. The van der Waals surface area contributed by atoms with Crippen molar-refractivity contribution in [2.45, 2.75) is 19.0 Å². The zero-order valence-corrected chi connectivity index (χ0v) is 9.99.